The molecular weight excluding hydrogens is 238 g/mol. The van der Waals surface area contributed by atoms with E-state index in [2.05, 4.69) is 12.1 Å². The minimum Gasteiger partial charge on any atom is -0.409 e. The van der Waals surface area contributed by atoms with Gasteiger partial charge < -0.3 is 15.8 Å². The van der Waals surface area contributed by atoms with Gasteiger partial charge in [0.25, 0.3) is 0 Å². The molecular formula is C11H21N3O2S. The van der Waals surface area contributed by atoms with E-state index in [-0.39, 0.29) is 17.8 Å². The molecule has 0 aromatic heterocycles. The molecule has 2 unspecified atom stereocenters. The molecule has 0 aromatic rings. The molecule has 3 N–H and O–H groups in total. The molecule has 98 valence electrons. The summed E-state index contributed by atoms with van der Waals surface area (Å²) in [5.74, 6) is 0.816. The summed E-state index contributed by atoms with van der Waals surface area (Å²) in [4.78, 5) is 14.3. The lowest BCUT2D eigenvalue weighted by molar-refractivity contribution is -0.139. The topological polar surface area (TPSA) is 78.9 Å². The van der Waals surface area contributed by atoms with Crippen LogP contribution in [0.1, 0.15) is 27.7 Å². The van der Waals surface area contributed by atoms with Gasteiger partial charge in [0, 0.05) is 23.6 Å². The highest BCUT2D eigenvalue weighted by Gasteiger charge is 2.40. The van der Waals surface area contributed by atoms with E-state index in [0.29, 0.717) is 5.25 Å². The molecule has 0 bridgehead atoms. The number of rotatable bonds is 2. The van der Waals surface area contributed by atoms with Crippen molar-refractivity contribution in [3.63, 3.8) is 0 Å². The maximum absolute atomic E-state index is 12.4. The molecule has 5 nitrogen and oxygen atoms in total. The van der Waals surface area contributed by atoms with Crippen molar-refractivity contribution in [2.45, 2.75) is 39.0 Å². The van der Waals surface area contributed by atoms with Crippen molar-refractivity contribution in [2.24, 2.45) is 16.3 Å². The molecule has 1 fully saturated rings. The van der Waals surface area contributed by atoms with Crippen LogP contribution in [0.25, 0.3) is 0 Å². The van der Waals surface area contributed by atoms with Crippen LogP contribution in [0.4, 0.5) is 0 Å². The average Bonchev–Trinajstić information content (AvgIpc) is 2.30. The maximum atomic E-state index is 12.4. The molecule has 17 heavy (non-hydrogen) atoms. The molecule has 6 heteroatoms. The van der Waals surface area contributed by atoms with E-state index in [0.717, 1.165) is 12.3 Å². The van der Waals surface area contributed by atoms with Crippen LogP contribution in [0.2, 0.25) is 0 Å². The Bertz CT molecular complexity index is 331. The Morgan fingerprint density at radius 2 is 2.12 bits per heavy atom. The number of hydrogen-bond donors (Lipinski definition) is 2. The molecule has 0 aromatic carbocycles. The molecule has 1 rings (SSSR count). The molecule has 0 radical (unpaired) electrons. The Labute approximate surface area is 106 Å². The molecule has 0 spiro atoms. The van der Waals surface area contributed by atoms with Gasteiger partial charge in [0.1, 0.15) is 5.41 Å². The van der Waals surface area contributed by atoms with Crippen LogP contribution < -0.4 is 5.73 Å². The summed E-state index contributed by atoms with van der Waals surface area (Å²) in [6.45, 7) is 8.24. The molecule has 0 aliphatic carbocycles. The van der Waals surface area contributed by atoms with E-state index in [1.54, 1.807) is 13.8 Å². The second kappa shape index (κ2) is 5.16. The highest BCUT2D eigenvalue weighted by molar-refractivity contribution is 8.00. The van der Waals surface area contributed by atoms with E-state index < -0.39 is 5.41 Å². The van der Waals surface area contributed by atoms with Crippen LogP contribution in [0.3, 0.4) is 0 Å². The standard InChI is InChI=1S/C11H21N3O2S/c1-7-8(2)17-6-5-14(7)10(15)11(3,4)9(12)13-16/h7-8,16H,5-6H2,1-4H3,(H2,12,13). The van der Waals surface area contributed by atoms with Crippen LogP contribution in [0, 0.1) is 5.41 Å². The van der Waals surface area contributed by atoms with Gasteiger partial charge in [-0.25, -0.2) is 0 Å². The first-order chi connectivity index (χ1) is 7.82. The van der Waals surface area contributed by atoms with E-state index in [1.807, 2.05) is 23.6 Å². The normalized spacial score (nSPS) is 27.1. The second-order valence-corrected chi connectivity index (χ2v) is 6.41. The predicted octanol–water partition coefficient (Wildman–Crippen LogP) is 1.11. The van der Waals surface area contributed by atoms with Crippen molar-refractivity contribution in [3.05, 3.63) is 0 Å². The van der Waals surface area contributed by atoms with E-state index in [1.165, 1.54) is 0 Å². The number of oxime groups is 1. The minimum absolute atomic E-state index is 0.0411. The second-order valence-electron chi connectivity index (χ2n) is 4.93. The zero-order valence-corrected chi connectivity index (χ0v) is 11.6. The zero-order chi connectivity index (χ0) is 13.2. The zero-order valence-electron chi connectivity index (χ0n) is 10.8. The molecule has 1 aliphatic heterocycles. The van der Waals surface area contributed by atoms with Gasteiger partial charge >= 0.3 is 0 Å². The molecule has 1 amide bonds. The van der Waals surface area contributed by atoms with E-state index in [4.69, 9.17) is 10.9 Å². The average molecular weight is 259 g/mol. The van der Waals surface area contributed by atoms with E-state index >= 15 is 0 Å². The monoisotopic (exact) mass is 259 g/mol. The van der Waals surface area contributed by atoms with Gasteiger partial charge in [0.05, 0.1) is 0 Å². The van der Waals surface area contributed by atoms with Gasteiger partial charge in [-0.15, -0.1) is 0 Å². The van der Waals surface area contributed by atoms with Gasteiger partial charge in [-0.1, -0.05) is 12.1 Å². The van der Waals surface area contributed by atoms with Gasteiger partial charge in [-0.05, 0) is 20.8 Å². The van der Waals surface area contributed by atoms with Crippen LogP contribution in [-0.2, 0) is 4.79 Å². The quantitative estimate of drug-likeness (QED) is 0.337. The first-order valence-electron chi connectivity index (χ1n) is 5.73. The molecule has 1 saturated heterocycles. The summed E-state index contributed by atoms with van der Waals surface area (Å²) in [5.41, 5.74) is 4.63. The number of carbonyl (C=O) groups excluding carboxylic acids is 1. The smallest absolute Gasteiger partial charge is 0.236 e. The summed E-state index contributed by atoms with van der Waals surface area (Å²) in [5, 5.41) is 12.1. The first kappa shape index (κ1) is 14.2. The summed E-state index contributed by atoms with van der Waals surface area (Å²) < 4.78 is 0. The van der Waals surface area contributed by atoms with Crippen molar-refractivity contribution in [1.29, 1.82) is 0 Å². The predicted molar refractivity (Wildman–Crippen MR) is 70.3 cm³/mol. The first-order valence-corrected chi connectivity index (χ1v) is 6.78. The van der Waals surface area contributed by atoms with Gasteiger partial charge in [-0.2, -0.15) is 11.8 Å². The van der Waals surface area contributed by atoms with Crippen LogP contribution in [-0.4, -0.2) is 45.4 Å². The summed E-state index contributed by atoms with van der Waals surface area (Å²) in [6, 6.07) is 0.173. The highest BCUT2D eigenvalue weighted by Crippen LogP contribution is 2.28. The summed E-state index contributed by atoms with van der Waals surface area (Å²) in [6.07, 6.45) is 0. The van der Waals surface area contributed by atoms with Crippen LogP contribution in [0.5, 0.6) is 0 Å². The Morgan fingerprint density at radius 1 is 1.53 bits per heavy atom. The summed E-state index contributed by atoms with van der Waals surface area (Å²) in [7, 11) is 0. The molecule has 0 saturated carbocycles. The third kappa shape index (κ3) is 2.68. The number of thioether (sulfide) groups is 1. The molecule has 1 aliphatic rings. The number of hydrogen-bond acceptors (Lipinski definition) is 4. The number of nitrogens with zero attached hydrogens (tertiary/aromatic N) is 2. The SMILES string of the molecule is CC1SCCN(C(=O)C(C)(C)C(N)=NO)C1C. The largest absolute Gasteiger partial charge is 0.409 e. The number of amidine groups is 1. The van der Waals surface area contributed by atoms with Gasteiger partial charge in [0.15, 0.2) is 5.84 Å². The highest BCUT2D eigenvalue weighted by atomic mass is 32.2. The lowest BCUT2D eigenvalue weighted by atomic mass is 9.89. The lowest BCUT2D eigenvalue weighted by Gasteiger charge is -2.41. The maximum Gasteiger partial charge on any atom is 0.236 e. The summed E-state index contributed by atoms with van der Waals surface area (Å²) >= 11 is 1.87. The molecule has 2 atom stereocenters. The van der Waals surface area contributed by atoms with Crippen molar-refractivity contribution in [1.82, 2.24) is 4.90 Å². The Kier molecular flexibility index (Phi) is 4.30. The fraction of sp³-hybridized carbons (Fsp3) is 0.818. The number of amides is 1. The fourth-order valence-corrected chi connectivity index (χ4v) is 2.91. The van der Waals surface area contributed by atoms with Crippen molar-refractivity contribution in [3.8, 4) is 0 Å². The van der Waals surface area contributed by atoms with Gasteiger partial charge in [-0.3, -0.25) is 4.79 Å². The van der Waals surface area contributed by atoms with Crippen molar-refractivity contribution in [2.75, 3.05) is 12.3 Å². The number of nitrogens with two attached hydrogens (primary N) is 1. The molecule has 1 heterocycles. The van der Waals surface area contributed by atoms with Crippen molar-refractivity contribution < 1.29 is 10.0 Å². The lowest BCUT2D eigenvalue weighted by Crippen LogP contribution is -2.55. The Morgan fingerprint density at radius 3 is 2.65 bits per heavy atom. The fourth-order valence-electron chi connectivity index (χ4n) is 1.81. The Hall–Kier alpha value is -0.910. The number of carbonyl (C=O) groups is 1. The third-order valence-corrected chi connectivity index (χ3v) is 4.77. The van der Waals surface area contributed by atoms with Crippen LogP contribution in [0.15, 0.2) is 5.16 Å². The van der Waals surface area contributed by atoms with Crippen molar-refractivity contribution >= 4 is 23.5 Å². The minimum atomic E-state index is -0.954. The van der Waals surface area contributed by atoms with E-state index in [9.17, 15) is 4.79 Å². The van der Waals surface area contributed by atoms with Gasteiger partial charge in [0.2, 0.25) is 5.91 Å². The third-order valence-electron chi connectivity index (χ3n) is 3.43. The Balaban J connectivity index is 2.89. The van der Waals surface area contributed by atoms with Crippen LogP contribution >= 0.6 is 11.8 Å².